The molecule has 1 aliphatic rings. The van der Waals surface area contributed by atoms with Gasteiger partial charge in [-0.1, -0.05) is 73.7 Å². The second-order valence-corrected chi connectivity index (χ2v) is 9.04. The number of hydrogen-bond acceptors (Lipinski definition) is 5. The van der Waals surface area contributed by atoms with Crippen LogP contribution in [0.2, 0.25) is 0 Å². The monoisotopic (exact) mass is 493 g/mol. The molecule has 4 aromatic carbocycles. The highest BCUT2D eigenvalue weighted by atomic mass is 16.5. The average molecular weight is 494 g/mol. The van der Waals surface area contributed by atoms with Crippen LogP contribution in [-0.2, 0) is 14.3 Å². The second-order valence-electron chi connectivity index (χ2n) is 9.04. The fourth-order valence-electron chi connectivity index (χ4n) is 4.57. The number of hydrogen-bond donors (Lipinski definition) is 0. The first-order chi connectivity index (χ1) is 18.0. The lowest BCUT2D eigenvalue weighted by Crippen LogP contribution is -2.31. The topological polar surface area (TPSA) is 72.9 Å². The maximum absolute atomic E-state index is 12.9. The smallest absolute Gasteiger partial charge is 0.312 e. The van der Waals surface area contributed by atoms with Crippen molar-refractivity contribution in [1.29, 1.82) is 0 Å². The molecular formula is C31H27NO5. The van der Waals surface area contributed by atoms with Crippen LogP contribution in [0.15, 0.2) is 97.1 Å². The van der Waals surface area contributed by atoms with E-state index in [2.05, 4.69) is 0 Å². The van der Waals surface area contributed by atoms with Crippen molar-refractivity contribution in [3.63, 3.8) is 0 Å². The molecule has 37 heavy (non-hydrogen) atoms. The van der Waals surface area contributed by atoms with Crippen LogP contribution in [0.3, 0.4) is 0 Å². The number of rotatable bonds is 8. The minimum Gasteiger partial charge on any atom is -0.457 e. The molecule has 6 nitrogen and oxygen atoms in total. The third kappa shape index (κ3) is 5.23. The van der Waals surface area contributed by atoms with Crippen LogP contribution in [0, 0.1) is 5.92 Å². The van der Waals surface area contributed by atoms with Crippen molar-refractivity contribution >= 4 is 34.1 Å². The van der Waals surface area contributed by atoms with E-state index in [1.807, 2.05) is 60.7 Å². The van der Waals surface area contributed by atoms with Crippen molar-refractivity contribution in [2.75, 3.05) is 11.4 Å². The van der Waals surface area contributed by atoms with Gasteiger partial charge in [-0.25, -0.2) is 0 Å². The number of esters is 1. The lowest BCUT2D eigenvalue weighted by Gasteiger charge is -2.19. The van der Waals surface area contributed by atoms with Crippen LogP contribution in [0.1, 0.15) is 30.1 Å². The summed E-state index contributed by atoms with van der Waals surface area (Å²) in [6.07, 6.45) is -0.463. The summed E-state index contributed by atoms with van der Waals surface area (Å²) in [7, 11) is 0. The Morgan fingerprint density at radius 3 is 2.35 bits per heavy atom. The SMILES string of the molecule is CC[C@@H](OC(=O)[C@H]1CC(=O)N(c2ccc(Oc3cccc4ccccc34)cc2)C1)C(=O)c1ccccc1. The van der Waals surface area contributed by atoms with Crippen LogP contribution in [0.25, 0.3) is 10.8 Å². The number of Topliss-reactive ketones (excluding diaryl/α,β-unsaturated/α-hetero) is 1. The fourth-order valence-corrected chi connectivity index (χ4v) is 4.57. The average Bonchev–Trinajstić information content (AvgIpc) is 3.34. The summed E-state index contributed by atoms with van der Waals surface area (Å²) in [4.78, 5) is 39.9. The molecule has 6 heteroatoms. The summed E-state index contributed by atoms with van der Waals surface area (Å²) < 4.78 is 11.7. The molecule has 5 rings (SSSR count). The van der Waals surface area contributed by atoms with Gasteiger partial charge in [-0.05, 0) is 42.1 Å². The third-order valence-corrected chi connectivity index (χ3v) is 6.56. The van der Waals surface area contributed by atoms with E-state index in [0.717, 1.165) is 16.5 Å². The van der Waals surface area contributed by atoms with Crippen molar-refractivity contribution in [2.24, 2.45) is 5.92 Å². The highest BCUT2D eigenvalue weighted by molar-refractivity contribution is 6.02. The molecular weight excluding hydrogens is 466 g/mol. The zero-order chi connectivity index (χ0) is 25.8. The molecule has 0 unspecified atom stereocenters. The molecule has 186 valence electrons. The molecule has 1 fully saturated rings. The number of anilines is 1. The number of nitrogens with zero attached hydrogens (tertiary/aromatic N) is 1. The Morgan fingerprint density at radius 1 is 0.892 bits per heavy atom. The molecule has 0 bridgehead atoms. The highest BCUT2D eigenvalue weighted by Crippen LogP contribution is 2.32. The number of benzene rings is 4. The van der Waals surface area contributed by atoms with Crippen LogP contribution in [0.4, 0.5) is 5.69 Å². The molecule has 0 radical (unpaired) electrons. The third-order valence-electron chi connectivity index (χ3n) is 6.56. The first kappa shape index (κ1) is 24.3. The van der Waals surface area contributed by atoms with Crippen molar-refractivity contribution in [1.82, 2.24) is 0 Å². The highest BCUT2D eigenvalue weighted by Gasteiger charge is 2.37. The Hall–Kier alpha value is -4.45. The predicted octanol–water partition coefficient (Wildman–Crippen LogP) is 6.19. The Bertz CT molecular complexity index is 1430. The Labute approximate surface area is 215 Å². The van der Waals surface area contributed by atoms with Crippen LogP contribution < -0.4 is 9.64 Å². The van der Waals surface area contributed by atoms with Gasteiger partial charge in [-0.3, -0.25) is 14.4 Å². The number of amides is 1. The first-order valence-corrected chi connectivity index (χ1v) is 12.4. The summed E-state index contributed by atoms with van der Waals surface area (Å²) in [6.45, 7) is 2.00. The van der Waals surface area contributed by atoms with Crippen molar-refractivity contribution < 1.29 is 23.9 Å². The van der Waals surface area contributed by atoms with Crippen molar-refractivity contribution in [3.05, 3.63) is 103 Å². The van der Waals surface area contributed by atoms with E-state index in [4.69, 9.17) is 9.47 Å². The van der Waals surface area contributed by atoms with Gasteiger partial charge in [0.05, 0.1) is 5.92 Å². The maximum atomic E-state index is 12.9. The molecule has 0 aromatic heterocycles. The van der Waals surface area contributed by atoms with E-state index >= 15 is 0 Å². The van der Waals surface area contributed by atoms with E-state index in [1.165, 1.54) is 0 Å². The lowest BCUT2D eigenvalue weighted by atomic mass is 10.0. The predicted molar refractivity (Wildman–Crippen MR) is 142 cm³/mol. The number of ether oxygens (including phenoxy) is 2. The van der Waals surface area contributed by atoms with Gasteiger partial charge in [0.1, 0.15) is 11.5 Å². The zero-order valence-corrected chi connectivity index (χ0v) is 20.5. The van der Waals surface area contributed by atoms with Gasteiger partial charge in [0.2, 0.25) is 11.7 Å². The number of carbonyl (C=O) groups excluding carboxylic acids is 3. The van der Waals surface area contributed by atoms with E-state index in [-0.39, 0.29) is 24.7 Å². The second kappa shape index (κ2) is 10.7. The van der Waals surface area contributed by atoms with Gasteiger partial charge in [-0.15, -0.1) is 0 Å². The Balaban J connectivity index is 1.24. The number of carbonyl (C=O) groups is 3. The van der Waals surface area contributed by atoms with Gasteiger partial charge in [0, 0.05) is 29.6 Å². The quantitative estimate of drug-likeness (QED) is 0.216. The maximum Gasteiger partial charge on any atom is 0.312 e. The van der Waals surface area contributed by atoms with Crippen molar-refractivity contribution in [2.45, 2.75) is 25.9 Å². The normalized spacial score (nSPS) is 16.0. The summed E-state index contributed by atoms with van der Waals surface area (Å²) in [5, 5.41) is 2.11. The molecule has 0 aliphatic carbocycles. The van der Waals surface area contributed by atoms with Crippen molar-refractivity contribution in [3.8, 4) is 11.5 Å². The molecule has 0 saturated carbocycles. The van der Waals surface area contributed by atoms with E-state index < -0.39 is 18.0 Å². The van der Waals surface area contributed by atoms with Crippen LogP contribution in [-0.4, -0.2) is 30.3 Å². The standard InChI is InChI=1S/C31H27NO5/c1-2-27(30(34)22-10-4-3-5-11-22)37-31(35)23-19-29(33)32(20-23)24-15-17-25(18-16-24)36-28-14-8-12-21-9-6-7-13-26(21)28/h3-18,23,27H,2,19-20H2,1H3/t23-,27+/m0/s1. The number of ketones is 1. The Morgan fingerprint density at radius 2 is 1.59 bits per heavy atom. The first-order valence-electron chi connectivity index (χ1n) is 12.4. The molecule has 0 spiro atoms. The molecule has 1 aliphatic heterocycles. The summed E-state index contributed by atoms with van der Waals surface area (Å²) >= 11 is 0. The molecule has 4 aromatic rings. The van der Waals surface area contributed by atoms with Gasteiger partial charge < -0.3 is 14.4 Å². The summed E-state index contributed by atoms with van der Waals surface area (Å²) in [5.41, 5.74) is 1.18. The van der Waals surface area contributed by atoms with E-state index in [0.29, 0.717) is 23.4 Å². The largest absolute Gasteiger partial charge is 0.457 e. The van der Waals surface area contributed by atoms with Crippen LogP contribution >= 0.6 is 0 Å². The molecule has 1 amide bonds. The summed E-state index contributed by atoms with van der Waals surface area (Å²) in [5.74, 6) is -0.152. The van der Waals surface area contributed by atoms with E-state index in [9.17, 15) is 14.4 Å². The summed E-state index contributed by atoms with van der Waals surface area (Å²) in [6, 6.07) is 29.9. The van der Waals surface area contributed by atoms with Gasteiger partial charge in [0.25, 0.3) is 0 Å². The van der Waals surface area contributed by atoms with E-state index in [1.54, 1.807) is 48.2 Å². The molecule has 1 saturated heterocycles. The lowest BCUT2D eigenvalue weighted by molar-refractivity contribution is -0.151. The fraction of sp³-hybridized carbons (Fsp3) is 0.194. The molecule has 1 heterocycles. The zero-order valence-electron chi connectivity index (χ0n) is 20.5. The van der Waals surface area contributed by atoms with Crippen LogP contribution in [0.5, 0.6) is 11.5 Å². The van der Waals surface area contributed by atoms with Gasteiger partial charge in [-0.2, -0.15) is 0 Å². The minimum absolute atomic E-state index is 0.0447. The number of fused-ring (bicyclic) bond motifs is 1. The van der Waals surface area contributed by atoms with Gasteiger partial charge in [0.15, 0.2) is 6.10 Å². The Kier molecular flexibility index (Phi) is 6.99. The molecule has 2 atom stereocenters. The molecule has 0 N–H and O–H groups in total. The van der Waals surface area contributed by atoms with Gasteiger partial charge >= 0.3 is 5.97 Å². The minimum atomic E-state index is -0.871.